The van der Waals surface area contributed by atoms with Gasteiger partial charge in [-0.25, -0.2) is 14.4 Å². The number of hydrogen-bond donors (Lipinski definition) is 1. The summed E-state index contributed by atoms with van der Waals surface area (Å²) in [6, 6.07) is 4.69. The summed E-state index contributed by atoms with van der Waals surface area (Å²) in [6.45, 7) is 4.84. The highest BCUT2D eigenvalue weighted by atomic mass is 16.6. The van der Waals surface area contributed by atoms with Crippen LogP contribution in [-0.4, -0.2) is 24.2 Å². The van der Waals surface area contributed by atoms with Gasteiger partial charge in [0.25, 0.3) is 0 Å². The van der Waals surface area contributed by atoms with Gasteiger partial charge in [0.2, 0.25) is 6.08 Å². The van der Waals surface area contributed by atoms with Crippen LogP contribution in [0.1, 0.15) is 19.4 Å². The van der Waals surface area contributed by atoms with Crippen molar-refractivity contribution in [3.8, 4) is 5.75 Å². The second-order valence-electron chi connectivity index (χ2n) is 4.53. The summed E-state index contributed by atoms with van der Waals surface area (Å²) in [4.78, 5) is 36.3. The number of nitrogens with zero attached hydrogens (tertiary/aromatic N) is 1. The summed E-state index contributed by atoms with van der Waals surface area (Å²) in [5, 5.41) is 0. The van der Waals surface area contributed by atoms with E-state index in [1.807, 2.05) is 0 Å². The fourth-order valence-corrected chi connectivity index (χ4v) is 1.65. The molecule has 7 heteroatoms. The maximum Gasteiger partial charge on any atom is 0.405 e. The Morgan fingerprint density at radius 3 is 2.68 bits per heavy atom. The van der Waals surface area contributed by atoms with Gasteiger partial charge in [0.05, 0.1) is 5.69 Å². The predicted octanol–water partition coefficient (Wildman–Crippen LogP) is 2.30. The molecule has 0 aromatic heterocycles. The Balaban J connectivity index is 2.84. The van der Waals surface area contributed by atoms with Gasteiger partial charge >= 0.3 is 12.1 Å². The van der Waals surface area contributed by atoms with E-state index in [0.29, 0.717) is 5.69 Å². The van der Waals surface area contributed by atoms with Crippen molar-refractivity contribution in [2.75, 3.05) is 0 Å². The van der Waals surface area contributed by atoms with Crippen LogP contribution in [-0.2, 0) is 14.3 Å². The first-order valence-electron chi connectivity index (χ1n) is 6.38. The summed E-state index contributed by atoms with van der Waals surface area (Å²) in [5.74, 6) is -0.384. The Morgan fingerprint density at radius 1 is 1.41 bits per heavy atom. The zero-order valence-corrected chi connectivity index (χ0v) is 12.5. The molecule has 0 aliphatic heterocycles. The number of aliphatic imine (C=N–C) groups is 1. The summed E-state index contributed by atoms with van der Waals surface area (Å²) in [6.07, 6.45) is 1.26. The molecule has 0 bridgehead atoms. The van der Waals surface area contributed by atoms with Gasteiger partial charge in [-0.05, 0) is 38.5 Å². The Hall–Kier alpha value is -2.92. The van der Waals surface area contributed by atoms with Crippen LogP contribution in [0.25, 0.3) is 0 Å². The number of esters is 1. The Kier molecular flexibility index (Phi) is 6.04. The molecule has 0 saturated carbocycles. The molecular weight excluding hydrogens is 288 g/mol. The van der Waals surface area contributed by atoms with Crippen LogP contribution in [0.5, 0.6) is 5.75 Å². The summed E-state index contributed by atoms with van der Waals surface area (Å²) >= 11 is 0. The standard InChI is InChI=1S/C15H16N2O5/c1-9-4-5-12(7-13(9)17-8-18)22-14(19)10(2)6-11(3)21-15(16)20/h4-7,11H,1-3H3,(H2,16,20). The van der Waals surface area contributed by atoms with Crippen molar-refractivity contribution in [1.82, 2.24) is 0 Å². The van der Waals surface area contributed by atoms with Gasteiger partial charge in [-0.1, -0.05) is 6.07 Å². The molecular formula is C15H16N2O5. The molecule has 0 fully saturated rings. The number of benzene rings is 1. The van der Waals surface area contributed by atoms with E-state index in [1.54, 1.807) is 26.0 Å². The highest BCUT2D eigenvalue weighted by Gasteiger charge is 2.11. The van der Waals surface area contributed by atoms with Crippen LogP contribution < -0.4 is 10.5 Å². The summed E-state index contributed by atoms with van der Waals surface area (Å²) in [7, 11) is 0. The Labute approximate surface area is 127 Å². The first-order chi connectivity index (χ1) is 10.3. The lowest BCUT2D eigenvalue weighted by Gasteiger charge is -2.09. The van der Waals surface area contributed by atoms with E-state index < -0.39 is 18.2 Å². The van der Waals surface area contributed by atoms with Gasteiger partial charge < -0.3 is 15.2 Å². The van der Waals surface area contributed by atoms with Crippen molar-refractivity contribution in [3.05, 3.63) is 35.4 Å². The number of ether oxygens (including phenoxy) is 2. The molecule has 1 aromatic carbocycles. The topological polar surface area (TPSA) is 108 Å². The molecule has 116 valence electrons. The zero-order valence-electron chi connectivity index (χ0n) is 12.5. The molecule has 1 aromatic rings. The number of primary amides is 1. The van der Waals surface area contributed by atoms with E-state index in [0.717, 1.165) is 5.56 Å². The smallest absolute Gasteiger partial charge is 0.405 e. The monoisotopic (exact) mass is 304 g/mol. The van der Waals surface area contributed by atoms with E-state index in [9.17, 15) is 14.4 Å². The van der Waals surface area contributed by atoms with Gasteiger partial charge in [0, 0.05) is 11.6 Å². The molecule has 2 N–H and O–H groups in total. The lowest BCUT2D eigenvalue weighted by Crippen LogP contribution is -2.20. The van der Waals surface area contributed by atoms with Crippen molar-refractivity contribution in [2.24, 2.45) is 10.7 Å². The number of carbonyl (C=O) groups is 2. The second-order valence-corrected chi connectivity index (χ2v) is 4.53. The van der Waals surface area contributed by atoms with Crippen LogP contribution in [0.15, 0.2) is 34.8 Å². The molecule has 7 nitrogen and oxygen atoms in total. The third-order valence-corrected chi connectivity index (χ3v) is 2.67. The maximum absolute atomic E-state index is 11.9. The van der Waals surface area contributed by atoms with E-state index in [1.165, 1.54) is 25.1 Å². The highest BCUT2D eigenvalue weighted by molar-refractivity contribution is 5.89. The number of hydrogen-bond acceptors (Lipinski definition) is 6. The number of isocyanates is 1. The van der Waals surface area contributed by atoms with E-state index in [-0.39, 0.29) is 11.3 Å². The van der Waals surface area contributed by atoms with Crippen LogP contribution in [0, 0.1) is 6.92 Å². The molecule has 0 heterocycles. The van der Waals surface area contributed by atoms with Gasteiger partial charge in [-0.15, -0.1) is 0 Å². The lowest BCUT2D eigenvalue weighted by atomic mass is 10.2. The number of carbonyl (C=O) groups excluding carboxylic acids is 3. The molecule has 1 atom stereocenters. The normalized spacial score (nSPS) is 12.0. The average Bonchev–Trinajstić information content (AvgIpc) is 2.41. The minimum absolute atomic E-state index is 0.237. The minimum atomic E-state index is -0.931. The molecule has 1 unspecified atom stereocenters. The minimum Gasteiger partial charge on any atom is -0.442 e. The molecule has 0 aliphatic carbocycles. The summed E-state index contributed by atoms with van der Waals surface area (Å²) < 4.78 is 9.84. The highest BCUT2D eigenvalue weighted by Crippen LogP contribution is 2.24. The summed E-state index contributed by atoms with van der Waals surface area (Å²) in [5.41, 5.74) is 6.24. The van der Waals surface area contributed by atoms with Crippen molar-refractivity contribution in [1.29, 1.82) is 0 Å². The van der Waals surface area contributed by atoms with Crippen LogP contribution in [0.2, 0.25) is 0 Å². The van der Waals surface area contributed by atoms with Crippen LogP contribution in [0.4, 0.5) is 10.5 Å². The maximum atomic E-state index is 11.9. The third-order valence-electron chi connectivity index (χ3n) is 2.67. The Morgan fingerprint density at radius 2 is 2.09 bits per heavy atom. The van der Waals surface area contributed by atoms with Crippen molar-refractivity contribution >= 4 is 23.8 Å². The second kappa shape index (κ2) is 7.75. The molecule has 22 heavy (non-hydrogen) atoms. The molecule has 1 rings (SSSR count). The first kappa shape index (κ1) is 17.1. The number of nitrogens with two attached hydrogens (primary N) is 1. The zero-order chi connectivity index (χ0) is 16.7. The predicted molar refractivity (Wildman–Crippen MR) is 78.5 cm³/mol. The number of rotatable bonds is 5. The van der Waals surface area contributed by atoms with E-state index in [2.05, 4.69) is 9.73 Å². The van der Waals surface area contributed by atoms with Gasteiger partial charge in [0.15, 0.2) is 0 Å². The van der Waals surface area contributed by atoms with Gasteiger partial charge in [-0.3, -0.25) is 0 Å². The van der Waals surface area contributed by atoms with E-state index in [4.69, 9.17) is 10.5 Å². The van der Waals surface area contributed by atoms with Crippen LogP contribution in [0.3, 0.4) is 0 Å². The van der Waals surface area contributed by atoms with Crippen molar-refractivity contribution < 1.29 is 23.9 Å². The SMILES string of the molecule is CC(=CC(C)OC(N)=O)C(=O)Oc1ccc(C)c(N=C=O)c1. The average molecular weight is 304 g/mol. The molecule has 0 radical (unpaired) electrons. The fraction of sp³-hybridized carbons (Fsp3) is 0.267. The lowest BCUT2D eigenvalue weighted by molar-refractivity contribution is -0.130. The third kappa shape index (κ3) is 5.22. The van der Waals surface area contributed by atoms with Crippen molar-refractivity contribution in [3.63, 3.8) is 0 Å². The quantitative estimate of drug-likeness (QED) is 0.295. The largest absolute Gasteiger partial charge is 0.442 e. The van der Waals surface area contributed by atoms with Gasteiger partial charge in [-0.2, -0.15) is 4.99 Å². The molecule has 0 saturated heterocycles. The van der Waals surface area contributed by atoms with Crippen LogP contribution >= 0.6 is 0 Å². The van der Waals surface area contributed by atoms with E-state index >= 15 is 0 Å². The Bertz CT molecular complexity index is 660. The van der Waals surface area contributed by atoms with Crippen molar-refractivity contribution in [2.45, 2.75) is 26.9 Å². The number of amides is 1. The molecule has 0 spiro atoms. The molecule has 1 amide bonds. The van der Waals surface area contributed by atoms with Gasteiger partial charge in [0.1, 0.15) is 11.9 Å². The first-order valence-corrected chi connectivity index (χ1v) is 6.38. The number of aryl methyl sites for hydroxylation is 1. The fourth-order valence-electron chi connectivity index (χ4n) is 1.65. The molecule has 0 aliphatic rings.